The molecule has 68 valence electrons. The van der Waals surface area contributed by atoms with E-state index in [1.54, 1.807) is 0 Å². The molecule has 5 nitrogen and oxygen atoms in total. The maximum Gasteiger partial charge on any atom is 0.239 e. The van der Waals surface area contributed by atoms with E-state index >= 15 is 0 Å². The molecule has 1 heterocycles. The second kappa shape index (κ2) is 4.71. The van der Waals surface area contributed by atoms with Gasteiger partial charge in [-0.3, -0.25) is 5.10 Å². The van der Waals surface area contributed by atoms with Gasteiger partial charge in [0.25, 0.3) is 0 Å². The number of hydrogen-bond donors (Lipinski definition) is 2. The number of aromatic nitrogens is 3. The standard InChI is InChI=1S/C7H14N4O/c1-2-12-5-3-4-6-9-7(8)11-10-6/h2-5H2,1H3,(H3,8,9,10,11). The molecule has 0 saturated carbocycles. The molecule has 3 N–H and O–H groups in total. The molecule has 0 aliphatic heterocycles. The van der Waals surface area contributed by atoms with Crippen LogP contribution in [-0.4, -0.2) is 28.4 Å². The fourth-order valence-electron chi connectivity index (χ4n) is 0.908. The van der Waals surface area contributed by atoms with Gasteiger partial charge in [0, 0.05) is 19.6 Å². The average Bonchev–Trinajstić information content (AvgIpc) is 2.45. The van der Waals surface area contributed by atoms with Crippen molar-refractivity contribution < 1.29 is 4.74 Å². The molecule has 0 amide bonds. The van der Waals surface area contributed by atoms with Gasteiger partial charge in [-0.25, -0.2) is 0 Å². The first-order chi connectivity index (χ1) is 5.83. The third-order valence-corrected chi connectivity index (χ3v) is 1.46. The van der Waals surface area contributed by atoms with Gasteiger partial charge >= 0.3 is 0 Å². The highest BCUT2D eigenvalue weighted by molar-refractivity contribution is 5.12. The molecule has 12 heavy (non-hydrogen) atoms. The van der Waals surface area contributed by atoms with E-state index in [0.717, 1.165) is 31.9 Å². The summed E-state index contributed by atoms with van der Waals surface area (Å²) in [5.41, 5.74) is 5.32. The van der Waals surface area contributed by atoms with Crippen LogP contribution in [0.1, 0.15) is 19.2 Å². The van der Waals surface area contributed by atoms with E-state index in [1.165, 1.54) is 0 Å². The predicted molar refractivity (Wildman–Crippen MR) is 45.6 cm³/mol. The van der Waals surface area contributed by atoms with Crippen molar-refractivity contribution in [1.29, 1.82) is 0 Å². The first-order valence-electron chi connectivity index (χ1n) is 4.07. The zero-order chi connectivity index (χ0) is 8.81. The van der Waals surface area contributed by atoms with Crippen LogP contribution in [0, 0.1) is 0 Å². The summed E-state index contributed by atoms with van der Waals surface area (Å²) >= 11 is 0. The van der Waals surface area contributed by atoms with Crippen molar-refractivity contribution >= 4 is 5.95 Å². The normalized spacial score (nSPS) is 10.4. The van der Waals surface area contributed by atoms with Crippen molar-refractivity contribution in [2.45, 2.75) is 19.8 Å². The Balaban J connectivity index is 2.15. The van der Waals surface area contributed by atoms with Crippen molar-refractivity contribution in [1.82, 2.24) is 15.2 Å². The molecule has 0 fully saturated rings. The quantitative estimate of drug-likeness (QED) is 0.625. The Morgan fingerprint density at radius 1 is 1.58 bits per heavy atom. The lowest BCUT2D eigenvalue weighted by atomic mass is 10.3. The number of nitrogens with one attached hydrogen (secondary N) is 1. The molecule has 1 aromatic heterocycles. The molecule has 0 bridgehead atoms. The molecule has 0 aliphatic carbocycles. The topological polar surface area (TPSA) is 76.8 Å². The van der Waals surface area contributed by atoms with Crippen LogP contribution in [0.25, 0.3) is 0 Å². The van der Waals surface area contributed by atoms with E-state index in [9.17, 15) is 0 Å². The highest BCUT2D eigenvalue weighted by Crippen LogP contribution is 1.97. The summed E-state index contributed by atoms with van der Waals surface area (Å²) in [6, 6.07) is 0. The van der Waals surface area contributed by atoms with E-state index in [-0.39, 0.29) is 0 Å². The highest BCUT2D eigenvalue weighted by Gasteiger charge is 1.98. The molecule has 0 aromatic carbocycles. The Labute approximate surface area is 71.3 Å². The average molecular weight is 170 g/mol. The third-order valence-electron chi connectivity index (χ3n) is 1.46. The van der Waals surface area contributed by atoms with Gasteiger partial charge in [-0.05, 0) is 13.3 Å². The van der Waals surface area contributed by atoms with E-state index in [2.05, 4.69) is 15.2 Å². The molecule has 0 aliphatic rings. The van der Waals surface area contributed by atoms with Crippen molar-refractivity contribution in [2.75, 3.05) is 18.9 Å². The number of aromatic amines is 1. The fourth-order valence-corrected chi connectivity index (χ4v) is 0.908. The number of anilines is 1. The Morgan fingerprint density at radius 2 is 2.42 bits per heavy atom. The van der Waals surface area contributed by atoms with Crippen molar-refractivity contribution in [3.8, 4) is 0 Å². The van der Waals surface area contributed by atoms with Crippen LogP contribution >= 0.6 is 0 Å². The first kappa shape index (κ1) is 8.99. The zero-order valence-corrected chi connectivity index (χ0v) is 7.21. The maximum atomic E-state index is 5.32. The van der Waals surface area contributed by atoms with Gasteiger partial charge < -0.3 is 10.5 Å². The monoisotopic (exact) mass is 170 g/mol. The number of aryl methyl sites for hydroxylation is 1. The van der Waals surface area contributed by atoms with Gasteiger partial charge in [0.15, 0.2) is 0 Å². The van der Waals surface area contributed by atoms with Gasteiger partial charge in [0.2, 0.25) is 5.95 Å². The van der Waals surface area contributed by atoms with E-state index < -0.39 is 0 Å². The lowest BCUT2D eigenvalue weighted by Crippen LogP contribution is -1.97. The van der Waals surface area contributed by atoms with Crippen LogP contribution in [-0.2, 0) is 11.2 Å². The van der Waals surface area contributed by atoms with Crippen LogP contribution in [0.15, 0.2) is 0 Å². The summed E-state index contributed by atoms with van der Waals surface area (Å²) in [6.45, 7) is 3.50. The van der Waals surface area contributed by atoms with Crippen molar-refractivity contribution in [2.24, 2.45) is 0 Å². The van der Waals surface area contributed by atoms with Gasteiger partial charge in [-0.1, -0.05) is 0 Å². The number of hydrogen-bond acceptors (Lipinski definition) is 4. The van der Waals surface area contributed by atoms with Crippen LogP contribution in [0.4, 0.5) is 5.95 Å². The maximum absolute atomic E-state index is 5.32. The molecule has 0 spiro atoms. The highest BCUT2D eigenvalue weighted by atomic mass is 16.5. The summed E-state index contributed by atoms with van der Waals surface area (Å²) in [6.07, 6.45) is 1.78. The summed E-state index contributed by atoms with van der Waals surface area (Å²) < 4.78 is 5.17. The van der Waals surface area contributed by atoms with Gasteiger partial charge in [-0.15, -0.1) is 5.10 Å². The molecule has 0 atom stereocenters. The van der Waals surface area contributed by atoms with Gasteiger partial charge in [-0.2, -0.15) is 4.98 Å². The zero-order valence-electron chi connectivity index (χ0n) is 7.21. The molecular weight excluding hydrogens is 156 g/mol. The Kier molecular flexibility index (Phi) is 3.53. The summed E-state index contributed by atoms with van der Waals surface area (Å²) in [4.78, 5) is 3.96. The number of ether oxygens (including phenoxy) is 1. The second-order valence-corrected chi connectivity index (χ2v) is 2.44. The lowest BCUT2D eigenvalue weighted by molar-refractivity contribution is 0.145. The van der Waals surface area contributed by atoms with Gasteiger partial charge in [0.05, 0.1) is 0 Å². The van der Waals surface area contributed by atoms with Crippen LogP contribution in [0.2, 0.25) is 0 Å². The molecular formula is C7H14N4O. The number of H-pyrrole nitrogens is 1. The number of rotatable bonds is 5. The van der Waals surface area contributed by atoms with Crippen LogP contribution in [0.3, 0.4) is 0 Å². The number of nitrogens with zero attached hydrogens (tertiary/aromatic N) is 2. The smallest absolute Gasteiger partial charge is 0.239 e. The molecule has 1 rings (SSSR count). The van der Waals surface area contributed by atoms with Gasteiger partial charge in [0.1, 0.15) is 5.82 Å². The van der Waals surface area contributed by atoms with Crippen molar-refractivity contribution in [3.05, 3.63) is 5.82 Å². The van der Waals surface area contributed by atoms with Crippen LogP contribution in [0.5, 0.6) is 0 Å². The second-order valence-electron chi connectivity index (χ2n) is 2.44. The Hall–Kier alpha value is -1.10. The minimum atomic E-state index is 0.307. The number of nitrogens with two attached hydrogens (primary N) is 1. The Morgan fingerprint density at radius 3 is 3.00 bits per heavy atom. The fraction of sp³-hybridized carbons (Fsp3) is 0.714. The minimum absolute atomic E-state index is 0.307. The summed E-state index contributed by atoms with van der Waals surface area (Å²) in [5.74, 6) is 1.13. The molecule has 0 saturated heterocycles. The molecule has 0 radical (unpaired) electrons. The van der Waals surface area contributed by atoms with E-state index in [1.807, 2.05) is 6.92 Å². The lowest BCUT2D eigenvalue weighted by Gasteiger charge is -1.97. The summed E-state index contributed by atoms with van der Waals surface area (Å²) in [7, 11) is 0. The molecule has 1 aromatic rings. The van der Waals surface area contributed by atoms with Crippen LogP contribution < -0.4 is 5.73 Å². The minimum Gasteiger partial charge on any atom is -0.382 e. The predicted octanol–water partition coefficient (Wildman–Crippen LogP) is 0.356. The van der Waals surface area contributed by atoms with E-state index in [4.69, 9.17) is 10.5 Å². The largest absolute Gasteiger partial charge is 0.382 e. The number of nitrogen functional groups attached to an aromatic ring is 1. The molecule has 5 heteroatoms. The SMILES string of the molecule is CCOCCCc1nc(N)n[nH]1. The third kappa shape index (κ3) is 2.87. The Bertz CT molecular complexity index is 223. The van der Waals surface area contributed by atoms with Crippen molar-refractivity contribution in [3.63, 3.8) is 0 Å². The molecule has 0 unspecified atom stereocenters. The van der Waals surface area contributed by atoms with E-state index in [0.29, 0.717) is 5.95 Å². The first-order valence-corrected chi connectivity index (χ1v) is 4.07. The summed E-state index contributed by atoms with van der Waals surface area (Å²) in [5, 5.41) is 6.46.